The Hall–Kier alpha value is -1.66. The topological polar surface area (TPSA) is 63.2 Å². The van der Waals surface area contributed by atoms with Crippen molar-refractivity contribution in [2.75, 3.05) is 0 Å². The van der Waals surface area contributed by atoms with Crippen LogP contribution in [0.1, 0.15) is 20.8 Å². The van der Waals surface area contributed by atoms with Crippen molar-refractivity contribution in [3.05, 3.63) is 51.7 Å². The summed E-state index contributed by atoms with van der Waals surface area (Å²) in [7, 11) is -3.83. The van der Waals surface area contributed by atoms with E-state index in [0.29, 0.717) is 10.4 Å². The van der Waals surface area contributed by atoms with Crippen LogP contribution in [0.5, 0.6) is 0 Å². The number of hydrogen-bond acceptors (Lipinski definition) is 4. The molecule has 1 aromatic carbocycles. The van der Waals surface area contributed by atoms with Crippen molar-refractivity contribution in [1.29, 1.82) is 0 Å². The maximum Gasteiger partial charge on any atom is 0.275 e. The van der Waals surface area contributed by atoms with Crippen LogP contribution in [0.4, 0.5) is 0 Å². The Labute approximate surface area is 116 Å². The Morgan fingerprint density at radius 3 is 2.37 bits per heavy atom. The number of nitrogens with one attached hydrogen (secondary N) is 1. The zero-order valence-electron chi connectivity index (χ0n) is 10.5. The molecule has 100 valence electrons. The second-order valence-corrected chi connectivity index (χ2v) is 6.70. The maximum atomic E-state index is 12.1. The quantitative estimate of drug-likeness (QED) is 0.946. The van der Waals surface area contributed by atoms with E-state index in [2.05, 4.69) is 4.72 Å². The highest BCUT2D eigenvalue weighted by molar-refractivity contribution is 7.90. The summed E-state index contributed by atoms with van der Waals surface area (Å²) in [5.74, 6) is -0.587. The first-order valence-corrected chi connectivity index (χ1v) is 7.95. The van der Waals surface area contributed by atoms with Gasteiger partial charge in [0.2, 0.25) is 0 Å². The molecule has 1 aromatic heterocycles. The van der Waals surface area contributed by atoms with Crippen LogP contribution in [0, 0.1) is 13.8 Å². The van der Waals surface area contributed by atoms with E-state index in [1.54, 1.807) is 43.5 Å². The number of thiophene rings is 1. The third kappa shape index (κ3) is 2.85. The lowest BCUT2D eigenvalue weighted by Gasteiger charge is -2.08. The summed E-state index contributed by atoms with van der Waals surface area (Å²) in [6.45, 7) is 3.46. The first-order valence-electron chi connectivity index (χ1n) is 5.58. The minimum Gasteiger partial charge on any atom is -0.267 e. The van der Waals surface area contributed by atoms with Gasteiger partial charge in [0.05, 0.1) is 9.77 Å². The van der Waals surface area contributed by atoms with Gasteiger partial charge in [0.15, 0.2) is 0 Å². The van der Waals surface area contributed by atoms with Gasteiger partial charge < -0.3 is 0 Å². The highest BCUT2D eigenvalue weighted by atomic mass is 32.2. The standard InChI is InChI=1S/C13H13NO3S2/c1-9-5-3-4-6-11(9)19(16,17)14-13(15)12-10(2)7-8-18-12/h3-8H,1-2H3,(H,14,15). The van der Waals surface area contributed by atoms with Crippen LogP contribution >= 0.6 is 11.3 Å². The molecule has 0 bridgehead atoms. The van der Waals surface area contributed by atoms with Gasteiger partial charge in [-0.1, -0.05) is 18.2 Å². The van der Waals surface area contributed by atoms with Gasteiger partial charge in [-0.3, -0.25) is 4.79 Å². The molecule has 6 heteroatoms. The fourth-order valence-electron chi connectivity index (χ4n) is 1.69. The summed E-state index contributed by atoms with van der Waals surface area (Å²) in [5, 5.41) is 1.75. The number of hydrogen-bond donors (Lipinski definition) is 1. The molecule has 0 fully saturated rings. The Kier molecular flexibility index (Phi) is 3.73. The zero-order chi connectivity index (χ0) is 14.0. The van der Waals surface area contributed by atoms with Crippen molar-refractivity contribution in [3.8, 4) is 0 Å². The third-order valence-corrected chi connectivity index (χ3v) is 5.18. The molecule has 0 radical (unpaired) electrons. The van der Waals surface area contributed by atoms with Crippen LogP contribution in [0.2, 0.25) is 0 Å². The highest BCUT2D eigenvalue weighted by Crippen LogP contribution is 2.18. The molecule has 0 saturated carbocycles. The van der Waals surface area contributed by atoms with E-state index in [-0.39, 0.29) is 4.90 Å². The number of benzene rings is 1. The van der Waals surface area contributed by atoms with Crippen molar-refractivity contribution < 1.29 is 13.2 Å². The van der Waals surface area contributed by atoms with Gasteiger partial charge in [0.1, 0.15) is 0 Å². The Morgan fingerprint density at radius 2 is 1.79 bits per heavy atom. The normalized spacial score (nSPS) is 11.3. The SMILES string of the molecule is Cc1ccccc1S(=O)(=O)NC(=O)c1sccc1C. The van der Waals surface area contributed by atoms with E-state index in [4.69, 9.17) is 0 Å². The number of carbonyl (C=O) groups excluding carboxylic acids is 1. The number of aryl methyl sites for hydroxylation is 2. The molecule has 1 amide bonds. The van der Waals surface area contributed by atoms with E-state index in [1.165, 1.54) is 17.4 Å². The molecule has 0 aliphatic carbocycles. The lowest BCUT2D eigenvalue weighted by Crippen LogP contribution is -2.30. The zero-order valence-corrected chi connectivity index (χ0v) is 12.1. The van der Waals surface area contributed by atoms with Crippen molar-refractivity contribution >= 4 is 27.3 Å². The molecular formula is C13H13NO3S2. The summed E-state index contributed by atoms with van der Waals surface area (Å²) >= 11 is 1.22. The summed E-state index contributed by atoms with van der Waals surface area (Å²) in [5.41, 5.74) is 1.37. The molecule has 2 aromatic rings. The van der Waals surface area contributed by atoms with Crippen LogP contribution in [0.15, 0.2) is 40.6 Å². The average Bonchev–Trinajstić information content (AvgIpc) is 2.75. The number of sulfonamides is 1. The van der Waals surface area contributed by atoms with Gasteiger partial charge in [0, 0.05) is 0 Å². The van der Waals surface area contributed by atoms with Gasteiger partial charge in [-0.25, -0.2) is 13.1 Å². The number of rotatable bonds is 3. The van der Waals surface area contributed by atoms with E-state index in [1.807, 2.05) is 0 Å². The predicted molar refractivity (Wildman–Crippen MR) is 74.9 cm³/mol. The van der Waals surface area contributed by atoms with E-state index < -0.39 is 15.9 Å². The van der Waals surface area contributed by atoms with Crippen molar-refractivity contribution in [3.63, 3.8) is 0 Å². The minimum absolute atomic E-state index is 0.123. The van der Waals surface area contributed by atoms with Gasteiger partial charge in [-0.15, -0.1) is 11.3 Å². The molecule has 0 atom stereocenters. The fourth-order valence-corrected chi connectivity index (χ4v) is 3.78. The van der Waals surface area contributed by atoms with Crippen LogP contribution in [-0.4, -0.2) is 14.3 Å². The molecule has 1 N–H and O–H groups in total. The second kappa shape index (κ2) is 5.14. The lowest BCUT2D eigenvalue weighted by atomic mass is 10.2. The van der Waals surface area contributed by atoms with Crippen LogP contribution in [-0.2, 0) is 10.0 Å². The van der Waals surface area contributed by atoms with Crippen LogP contribution in [0.3, 0.4) is 0 Å². The summed E-state index contributed by atoms with van der Waals surface area (Å²) in [4.78, 5) is 12.5. The number of amides is 1. The molecule has 1 heterocycles. The molecule has 0 unspecified atom stereocenters. The minimum atomic E-state index is -3.83. The third-order valence-electron chi connectivity index (χ3n) is 2.68. The fraction of sp³-hybridized carbons (Fsp3) is 0.154. The van der Waals surface area contributed by atoms with Gasteiger partial charge in [-0.05, 0) is 42.5 Å². The van der Waals surface area contributed by atoms with E-state index in [9.17, 15) is 13.2 Å². The first kappa shape index (κ1) is 13.8. The van der Waals surface area contributed by atoms with Gasteiger partial charge >= 0.3 is 0 Å². The number of carbonyl (C=O) groups is 1. The largest absolute Gasteiger partial charge is 0.275 e. The molecule has 0 spiro atoms. The lowest BCUT2D eigenvalue weighted by molar-refractivity contribution is 0.0985. The maximum absolute atomic E-state index is 12.1. The summed E-state index contributed by atoms with van der Waals surface area (Å²) < 4.78 is 26.4. The molecule has 0 aliphatic rings. The Balaban J connectivity index is 2.31. The van der Waals surface area contributed by atoms with Gasteiger partial charge in [0.25, 0.3) is 15.9 Å². The van der Waals surface area contributed by atoms with E-state index >= 15 is 0 Å². The Bertz CT molecular complexity index is 717. The average molecular weight is 295 g/mol. The molecule has 2 rings (SSSR count). The first-order chi connectivity index (χ1) is 8.92. The molecular weight excluding hydrogens is 282 g/mol. The van der Waals surface area contributed by atoms with Crippen molar-refractivity contribution in [1.82, 2.24) is 4.72 Å². The smallest absolute Gasteiger partial charge is 0.267 e. The van der Waals surface area contributed by atoms with Crippen LogP contribution < -0.4 is 4.72 Å². The highest BCUT2D eigenvalue weighted by Gasteiger charge is 2.21. The Morgan fingerprint density at radius 1 is 1.11 bits per heavy atom. The van der Waals surface area contributed by atoms with Gasteiger partial charge in [-0.2, -0.15) is 0 Å². The van der Waals surface area contributed by atoms with Crippen molar-refractivity contribution in [2.45, 2.75) is 18.7 Å². The molecule has 19 heavy (non-hydrogen) atoms. The second-order valence-electron chi connectivity index (χ2n) is 4.13. The predicted octanol–water partition coefficient (Wildman–Crippen LogP) is 2.48. The molecule has 0 aliphatic heterocycles. The molecule has 0 saturated heterocycles. The summed E-state index contributed by atoms with van der Waals surface area (Å²) in [6.07, 6.45) is 0. The summed E-state index contributed by atoms with van der Waals surface area (Å²) in [6, 6.07) is 8.32. The monoisotopic (exact) mass is 295 g/mol. The molecule has 4 nitrogen and oxygen atoms in total. The van der Waals surface area contributed by atoms with Crippen LogP contribution in [0.25, 0.3) is 0 Å². The van der Waals surface area contributed by atoms with E-state index in [0.717, 1.165) is 5.56 Å². The van der Waals surface area contributed by atoms with Crippen molar-refractivity contribution in [2.24, 2.45) is 0 Å².